The lowest BCUT2D eigenvalue weighted by molar-refractivity contribution is -0.360. The van der Waals surface area contributed by atoms with E-state index in [1.165, 1.54) is 23.1 Å². The van der Waals surface area contributed by atoms with E-state index in [2.05, 4.69) is 24.8 Å². The highest BCUT2D eigenvalue weighted by Crippen LogP contribution is 2.37. The summed E-state index contributed by atoms with van der Waals surface area (Å²) in [6.07, 6.45) is -9.74. The van der Waals surface area contributed by atoms with Gasteiger partial charge in [-0.05, 0) is 35.4 Å². The van der Waals surface area contributed by atoms with Crippen molar-refractivity contribution in [2.24, 2.45) is 5.11 Å². The molecule has 12 heteroatoms. The minimum absolute atomic E-state index is 0.209. The van der Waals surface area contributed by atoms with Gasteiger partial charge in [0.15, 0.2) is 5.82 Å². The molecule has 3 aromatic rings. The molecule has 0 spiro atoms. The maximum absolute atomic E-state index is 12.9. The fourth-order valence-corrected chi connectivity index (χ4v) is 2.27. The highest BCUT2D eigenvalue weighted by Gasteiger charge is 2.61. The molecular weight excluding hydrogens is 399 g/mol. The van der Waals surface area contributed by atoms with Crippen LogP contribution in [0.4, 0.5) is 22.0 Å². The van der Waals surface area contributed by atoms with Crippen LogP contribution in [-0.2, 0) is 6.54 Å². The average molecular weight is 410 g/mol. The van der Waals surface area contributed by atoms with Gasteiger partial charge in [-0.3, -0.25) is 0 Å². The molecule has 0 atom stereocenters. The second-order valence-corrected chi connectivity index (χ2v) is 5.71. The summed E-state index contributed by atoms with van der Waals surface area (Å²) in [5.74, 6) is -0.281. The molecule has 0 saturated carbocycles. The van der Waals surface area contributed by atoms with Gasteiger partial charge in [0, 0.05) is 10.5 Å². The van der Waals surface area contributed by atoms with Crippen molar-refractivity contribution in [3.63, 3.8) is 0 Å². The van der Waals surface area contributed by atoms with Crippen molar-refractivity contribution in [1.82, 2.24) is 14.8 Å². The van der Waals surface area contributed by atoms with Gasteiger partial charge < -0.3 is 4.74 Å². The van der Waals surface area contributed by atoms with Gasteiger partial charge in [0.05, 0.1) is 12.2 Å². The third-order valence-electron chi connectivity index (χ3n) is 3.70. The van der Waals surface area contributed by atoms with E-state index in [0.29, 0.717) is 17.1 Å². The Morgan fingerprint density at radius 3 is 2.24 bits per heavy atom. The molecule has 1 heterocycles. The fraction of sp³-hybridized carbons (Fsp3) is 0.176. The number of alkyl halides is 5. The molecule has 7 nitrogen and oxygen atoms in total. The van der Waals surface area contributed by atoms with Crippen molar-refractivity contribution in [2.75, 3.05) is 0 Å². The molecule has 0 aliphatic heterocycles. The average Bonchev–Trinajstić information content (AvgIpc) is 3.16. The van der Waals surface area contributed by atoms with Gasteiger partial charge in [-0.25, -0.2) is 9.67 Å². The molecular formula is C17H11F5N6O. The molecule has 29 heavy (non-hydrogen) atoms. The molecule has 150 valence electrons. The Kier molecular flexibility index (Phi) is 5.37. The molecule has 0 radical (unpaired) electrons. The van der Waals surface area contributed by atoms with Crippen LogP contribution in [0.3, 0.4) is 0 Å². The topological polar surface area (TPSA) is 88.7 Å². The Hall–Kier alpha value is -3.66. The first kappa shape index (κ1) is 20.1. The molecule has 0 N–H and O–H groups in total. The lowest BCUT2D eigenvalue weighted by Crippen LogP contribution is -2.41. The Morgan fingerprint density at radius 1 is 1.00 bits per heavy atom. The predicted octanol–water partition coefficient (Wildman–Crippen LogP) is 5.28. The number of hydrogen-bond acceptors (Lipinski definition) is 4. The molecule has 0 amide bonds. The Balaban J connectivity index is 1.74. The van der Waals surface area contributed by atoms with Gasteiger partial charge in [-0.2, -0.15) is 22.0 Å². The van der Waals surface area contributed by atoms with Crippen molar-refractivity contribution in [3.8, 4) is 22.8 Å². The summed E-state index contributed by atoms with van der Waals surface area (Å²) in [5, 5.41) is 7.70. The normalized spacial score (nSPS) is 11.8. The third-order valence-corrected chi connectivity index (χ3v) is 3.70. The quantitative estimate of drug-likeness (QED) is 0.240. The number of benzene rings is 2. The summed E-state index contributed by atoms with van der Waals surface area (Å²) >= 11 is 0. The van der Waals surface area contributed by atoms with Crippen LogP contribution in [0, 0.1) is 0 Å². The molecule has 0 fully saturated rings. The Morgan fingerprint density at radius 2 is 1.66 bits per heavy atom. The minimum atomic E-state index is -5.82. The van der Waals surface area contributed by atoms with Crippen LogP contribution in [0.5, 0.6) is 5.75 Å². The molecule has 2 aromatic carbocycles. The van der Waals surface area contributed by atoms with E-state index in [-0.39, 0.29) is 6.54 Å². The van der Waals surface area contributed by atoms with Crippen molar-refractivity contribution >= 4 is 0 Å². The SMILES string of the molecule is [N-]=[N+]=NCc1ccc(-c2ncn(-c3ccc(OC(F)(F)C(F)(F)F)cc3)n2)cc1. The predicted molar refractivity (Wildman–Crippen MR) is 91.3 cm³/mol. The summed E-state index contributed by atoms with van der Waals surface area (Å²) in [5.41, 5.74) is 10.2. The van der Waals surface area contributed by atoms with Crippen LogP contribution in [0.2, 0.25) is 0 Å². The summed E-state index contributed by atoms with van der Waals surface area (Å²) in [6, 6.07) is 11.4. The van der Waals surface area contributed by atoms with Gasteiger partial charge in [0.1, 0.15) is 12.1 Å². The molecule has 0 saturated heterocycles. The zero-order valence-corrected chi connectivity index (χ0v) is 14.4. The van der Waals surface area contributed by atoms with Crippen LogP contribution in [0.25, 0.3) is 27.5 Å². The van der Waals surface area contributed by atoms with Gasteiger partial charge in [-0.15, -0.1) is 5.10 Å². The fourth-order valence-electron chi connectivity index (χ4n) is 2.27. The lowest BCUT2D eigenvalue weighted by Gasteiger charge is -2.20. The maximum atomic E-state index is 12.9. The Labute approximate surface area is 160 Å². The molecule has 0 unspecified atom stereocenters. The molecule has 0 aliphatic carbocycles. The summed E-state index contributed by atoms with van der Waals surface area (Å²) in [7, 11) is 0. The number of nitrogens with zero attached hydrogens (tertiary/aromatic N) is 6. The van der Waals surface area contributed by atoms with Crippen molar-refractivity contribution in [1.29, 1.82) is 0 Å². The monoisotopic (exact) mass is 410 g/mol. The maximum Gasteiger partial charge on any atom is 0.499 e. The first-order valence-corrected chi connectivity index (χ1v) is 7.95. The van der Waals surface area contributed by atoms with Crippen molar-refractivity contribution in [2.45, 2.75) is 18.8 Å². The Bertz CT molecular complexity index is 1020. The van der Waals surface area contributed by atoms with Crippen molar-refractivity contribution in [3.05, 3.63) is 70.9 Å². The highest BCUT2D eigenvalue weighted by atomic mass is 19.4. The van der Waals surface area contributed by atoms with E-state index in [4.69, 9.17) is 5.53 Å². The van der Waals surface area contributed by atoms with Crippen LogP contribution in [0.15, 0.2) is 60.0 Å². The molecule has 1 aromatic heterocycles. The second kappa shape index (κ2) is 7.76. The van der Waals surface area contributed by atoms with Crippen LogP contribution in [0.1, 0.15) is 5.56 Å². The number of azide groups is 1. The minimum Gasteiger partial charge on any atom is -0.426 e. The second-order valence-electron chi connectivity index (χ2n) is 5.71. The number of ether oxygens (including phenoxy) is 1. The molecule has 3 rings (SSSR count). The van der Waals surface area contributed by atoms with Crippen molar-refractivity contribution < 1.29 is 26.7 Å². The van der Waals surface area contributed by atoms with Crippen LogP contribution >= 0.6 is 0 Å². The summed E-state index contributed by atoms with van der Waals surface area (Å²) in [6.45, 7) is 0.209. The first-order chi connectivity index (χ1) is 13.7. The van der Waals surface area contributed by atoms with Gasteiger partial charge in [-0.1, -0.05) is 29.4 Å². The zero-order chi connectivity index (χ0) is 21.1. The van der Waals surface area contributed by atoms with Crippen LogP contribution < -0.4 is 4.74 Å². The molecule has 0 bridgehead atoms. The summed E-state index contributed by atoms with van der Waals surface area (Å²) < 4.78 is 67.5. The van der Waals surface area contributed by atoms with E-state index in [9.17, 15) is 22.0 Å². The highest BCUT2D eigenvalue weighted by molar-refractivity contribution is 5.55. The smallest absolute Gasteiger partial charge is 0.426 e. The van der Waals surface area contributed by atoms with Gasteiger partial charge >= 0.3 is 12.3 Å². The summed E-state index contributed by atoms with van der Waals surface area (Å²) in [4.78, 5) is 6.82. The first-order valence-electron chi connectivity index (χ1n) is 7.95. The number of hydrogen-bond donors (Lipinski definition) is 0. The van der Waals surface area contributed by atoms with E-state index in [0.717, 1.165) is 17.7 Å². The number of aromatic nitrogens is 3. The van der Waals surface area contributed by atoms with E-state index in [1.54, 1.807) is 24.3 Å². The van der Waals surface area contributed by atoms with Gasteiger partial charge in [0.25, 0.3) is 0 Å². The molecule has 0 aliphatic rings. The van der Waals surface area contributed by atoms with E-state index >= 15 is 0 Å². The third kappa shape index (κ3) is 4.61. The number of rotatable bonds is 6. The zero-order valence-electron chi connectivity index (χ0n) is 14.4. The van der Waals surface area contributed by atoms with Gasteiger partial charge in [0.2, 0.25) is 0 Å². The van der Waals surface area contributed by atoms with E-state index in [1.807, 2.05) is 0 Å². The van der Waals surface area contributed by atoms with E-state index < -0.39 is 18.0 Å². The van der Waals surface area contributed by atoms with Crippen LogP contribution in [-0.4, -0.2) is 27.0 Å². The largest absolute Gasteiger partial charge is 0.499 e. The lowest BCUT2D eigenvalue weighted by atomic mass is 10.1. The number of halogens is 5. The standard InChI is InChI=1S/C17H11F5N6O/c18-16(19,20)17(21,22)29-14-7-5-13(6-8-14)28-10-24-15(26-28)12-3-1-11(2-4-12)9-25-27-23/h1-8,10H,9H2.